The maximum absolute atomic E-state index is 10.9. The van der Waals surface area contributed by atoms with Crippen LogP contribution in [0.4, 0.5) is 0 Å². The zero-order chi connectivity index (χ0) is 8.97. The molecular formula is C10H13OP. The minimum Gasteiger partial charge on any atom is -0.299 e. The first-order chi connectivity index (χ1) is 5.70. The Labute approximate surface area is 75.4 Å². The molecule has 0 N–H and O–H groups in total. The zero-order valence-corrected chi connectivity index (χ0v) is 8.31. The predicted octanol–water partition coefficient (Wildman–Crippen LogP) is 2.06. The second-order valence-electron chi connectivity index (χ2n) is 2.91. The van der Waals surface area contributed by atoms with Crippen LogP contribution in [-0.4, -0.2) is 11.4 Å². The van der Waals surface area contributed by atoms with Gasteiger partial charge in [0.15, 0.2) is 0 Å². The fourth-order valence-electron chi connectivity index (χ4n) is 1.01. The third-order valence-corrected chi connectivity index (χ3v) is 2.53. The van der Waals surface area contributed by atoms with Crippen LogP contribution >= 0.6 is 9.24 Å². The molecule has 64 valence electrons. The topological polar surface area (TPSA) is 17.1 Å². The third kappa shape index (κ3) is 2.75. The molecule has 0 saturated carbocycles. The maximum atomic E-state index is 10.9. The number of Topliss-reactive ketones (excluding diaryl/α,β-unsaturated/α-hetero) is 1. The molecule has 0 heterocycles. The summed E-state index contributed by atoms with van der Waals surface area (Å²) in [7, 11) is 2.57. The van der Waals surface area contributed by atoms with E-state index in [4.69, 9.17) is 0 Å². The van der Waals surface area contributed by atoms with E-state index in [1.807, 2.05) is 30.3 Å². The summed E-state index contributed by atoms with van der Waals surface area (Å²) < 4.78 is 0. The normalized spacial score (nSPS) is 12.5. The van der Waals surface area contributed by atoms with Gasteiger partial charge in [0, 0.05) is 5.66 Å². The van der Waals surface area contributed by atoms with Crippen molar-refractivity contribution in [3.8, 4) is 0 Å². The number of rotatable bonds is 3. The van der Waals surface area contributed by atoms with E-state index < -0.39 is 0 Å². The lowest BCUT2D eigenvalue weighted by Gasteiger charge is -2.06. The molecule has 2 unspecified atom stereocenters. The van der Waals surface area contributed by atoms with E-state index in [0.717, 1.165) is 6.42 Å². The molecular weight excluding hydrogens is 167 g/mol. The van der Waals surface area contributed by atoms with Gasteiger partial charge >= 0.3 is 0 Å². The largest absolute Gasteiger partial charge is 0.299 e. The SMILES string of the molecule is CC(=O)C(P)Cc1ccccc1. The Bertz CT molecular complexity index is 256. The molecule has 0 saturated heterocycles. The number of hydrogen-bond donors (Lipinski definition) is 0. The first kappa shape index (κ1) is 9.41. The summed E-state index contributed by atoms with van der Waals surface area (Å²) in [5.41, 5.74) is 1.28. The van der Waals surface area contributed by atoms with E-state index in [1.165, 1.54) is 5.56 Å². The molecule has 0 aliphatic rings. The smallest absolute Gasteiger partial charge is 0.136 e. The first-order valence-electron chi connectivity index (χ1n) is 4.00. The van der Waals surface area contributed by atoms with E-state index >= 15 is 0 Å². The van der Waals surface area contributed by atoms with Crippen molar-refractivity contribution < 1.29 is 4.79 Å². The van der Waals surface area contributed by atoms with Crippen LogP contribution in [0.15, 0.2) is 30.3 Å². The second-order valence-corrected chi connectivity index (χ2v) is 3.71. The summed E-state index contributed by atoms with van der Waals surface area (Å²) in [5, 5.41) is 0. The van der Waals surface area contributed by atoms with E-state index in [-0.39, 0.29) is 11.4 Å². The molecule has 0 aliphatic carbocycles. The molecule has 0 aromatic heterocycles. The van der Waals surface area contributed by atoms with Gasteiger partial charge in [-0.3, -0.25) is 4.79 Å². The summed E-state index contributed by atoms with van der Waals surface area (Å²) in [6.45, 7) is 1.63. The lowest BCUT2D eigenvalue weighted by Crippen LogP contribution is -2.12. The van der Waals surface area contributed by atoms with Crippen molar-refractivity contribution in [3.05, 3.63) is 35.9 Å². The van der Waals surface area contributed by atoms with Gasteiger partial charge in [-0.25, -0.2) is 0 Å². The van der Waals surface area contributed by atoms with Crippen molar-refractivity contribution in [2.45, 2.75) is 19.0 Å². The van der Waals surface area contributed by atoms with Gasteiger partial charge in [-0.1, -0.05) is 30.3 Å². The number of carbonyl (C=O) groups is 1. The first-order valence-corrected chi connectivity index (χ1v) is 4.67. The standard InChI is InChI=1S/C10H13OP/c1-8(11)10(12)7-9-5-3-2-4-6-9/h2-6,10H,7,12H2,1H3. The Morgan fingerprint density at radius 2 is 2.00 bits per heavy atom. The van der Waals surface area contributed by atoms with Crippen molar-refractivity contribution in [1.82, 2.24) is 0 Å². The Balaban J connectivity index is 2.58. The molecule has 12 heavy (non-hydrogen) atoms. The molecule has 1 rings (SSSR count). The van der Waals surface area contributed by atoms with Crippen molar-refractivity contribution in [2.75, 3.05) is 0 Å². The lowest BCUT2D eigenvalue weighted by molar-refractivity contribution is -0.116. The Morgan fingerprint density at radius 1 is 1.42 bits per heavy atom. The van der Waals surface area contributed by atoms with Gasteiger partial charge in [-0.05, 0) is 18.9 Å². The molecule has 0 radical (unpaired) electrons. The highest BCUT2D eigenvalue weighted by atomic mass is 31.0. The number of carbonyl (C=O) groups excluding carboxylic acids is 1. The van der Waals surface area contributed by atoms with Crippen molar-refractivity contribution in [2.24, 2.45) is 0 Å². The maximum Gasteiger partial charge on any atom is 0.136 e. The highest BCUT2D eigenvalue weighted by Gasteiger charge is 2.07. The molecule has 0 aliphatic heterocycles. The fourth-order valence-corrected chi connectivity index (χ4v) is 1.28. The van der Waals surface area contributed by atoms with Gasteiger partial charge in [0.25, 0.3) is 0 Å². The van der Waals surface area contributed by atoms with Crippen LogP contribution in [-0.2, 0) is 11.2 Å². The van der Waals surface area contributed by atoms with Crippen LogP contribution in [0, 0.1) is 0 Å². The fraction of sp³-hybridized carbons (Fsp3) is 0.300. The number of benzene rings is 1. The monoisotopic (exact) mass is 180 g/mol. The van der Waals surface area contributed by atoms with E-state index in [1.54, 1.807) is 6.92 Å². The summed E-state index contributed by atoms with van der Waals surface area (Å²) >= 11 is 0. The molecule has 1 aromatic rings. The Morgan fingerprint density at radius 3 is 2.50 bits per heavy atom. The van der Waals surface area contributed by atoms with Gasteiger partial charge < -0.3 is 0 Å². The molecule has 2 heteroatoms. The Kier molecular flexibility index (Phi) is 3.43. The second kappa shape index (κ2) is 4.37. The van der Waals surface area contributed by atoms with Crippen molar-refractivity contribution in [3.63, 3.8) is 0 Å². The average Bonchev–Trinajstić information content (AvgIpc) is 2.06. The van der Waals surface area contributed by atoms with Crippen molar-refractivity contribution in [1.29, 1.82) is 0 Å². The van der Waals surface area contributed by atoms with E-state index in [9.17, 15) is 4.79 Å². The van der Waals surface area contributed by atoms with Gasteiger partial charge in [-0.15, -0.1) is 9.24 Å². The van der Waals surface area contributed by atoms with Gasteiger partial charge in [0.2, 0.25) is 0 Å². The summed E-state index contributed by atoms with van der Waals surface area (Å²) in [6, 6.07) is 10.1. The minimum absolute atomic E-state index is 0.0624. The van der Waals surface area contributed by atoms with Crippen LogP contribution in [0.5, 0.6) is 0 Å². The summed E-state index contributed by atoms with van der Waals surface area (Å²) in [4.78, 5) is 10.9. The van der Waals surface area contributed by atoms with Crippen LogP contribution in [0.3, 0.4) is 0 Å². The van der Waals surface area contributed by atoms with E-state index in [2.05, 4.69) is 9.24 Å². The molecule has 0 fully saturated rings. The van der Waals surface area contributed by atoms with Crippen molar-refractivity contribution >= 4 is 15.0 Å². The highest BCUT2D eigenvalue weighted by Crippen LogP contribution is 2.10. The van der Waals surface area contributed by atoms with Crippen LogP contribution in [0.1, 0.15) is 12.5 Å². The molecule has 1 nitrogen and oxygen atoms in total. The number of hydrogen-bond acceptors (Lipinski definition) is 1. The number of ketones is 1. The molecule has 0 amide bonds. The third-order valence-electron chi connectivity index (χ3n) is 1.82. The quantitative estimate of drug-likeness (QED) is 0.651. The average molecular weight is 180 g/mol. The molecule has 0 spiro atoms. The zero-order valence-electron chi connectivity index (χ0n) is 7.16. The van der Waals surface area contributed by atoms with Gasteiger partial charge in [-0.2, -0.15) is 0 Å². The van der Waals surface area contributed by atoms with Crippen LogP contribution in [0.2, 0.25) is 0 Å². The molecule has 2 atom stereocenters. The van der Waals surface area contributed by atoms with Crippen LogP contribution < -0.4 is 0 Å². The van der Waals surface area contributed by atoms with Crippen LogP contribution in [0.25, 0.3) is 0 Å². The lowest BCUT2D eigenvalue weighted by atomic mass is 10.1. The van der Waals surface area contributed by atoms with E-state index in [0.29, 0.717) is 0 Å². The minimum atomic E-state index is 0.0624. The van der Waals surface area contributed by atoms with Gasteiger partial charge in [0.05, 0.1) is 0 Å². The molecule has 0 bridgehead atoms. The Hall–Kier alpha value is -0.680. The summed E-state index contributed by atoms with van der Waals surface area (Å²) in [6.07, 6.45) is 0.820. The summed E-state index contributed by atoms with van der Waals surface area (Å²) in [5.74, 6) is 0.226. The highest BCUT2D eigenvalue weighted by molar-refractivity contribution is 7.19. The molecule has 1 aromatic carbocycles. The van der Waals surface area contributed by atoms with Gasteiger partial charge in [0.1, 0.15) is 5.78 Å². The predicted molar refractivity (Wildman–Crippen MR) is 54.3 cm³/mol.